The van der Waals surface area contributed by atoms with Crippen LogP contribution in [0.5, 0.6) is 0 Å². The van der Waals surface area contributed by atoms with Crippen molar-refractivity contribution in [2.24, 2.45) is 17.8 Å². The fourth-order valence-electron chi connectivity index (χ4n) is 6.23. The number of para-hydroxylation sites is 1. The predicted octanol–water partition coefficient (Wildman–Crippen LogP) is 2.66. The first-order valence-electron chi connectivity index (χ1n) is 12.2. The number of aliphatic hydroxyl groups excluding tert-OH is 1. The van der Waals surface area contributed by atoms with E-state index in [-0.39, 0.29) is 35.5 Å². The second-order valence-corrected chi connectivity index (χ2v) is 11.3. The summed E-state index contributed by atoms with van der Waals surface area (Å²) < 4.78 is -0.656. The molecule has 5 rings (SSSR count). The molecule has 35 heavy (non-hydrogen) atoms. The van der Waals surface area contributed by atoms with Crippen LogP contribution in [0.1, 0.15) is 25.3 Å². The fraction of sp³-hybridized carbons (Fsp3) is 0.444. The summed E-state index contributed by atoms with van der Waals surface area (Å²) in [5, 5.41) is 15.5. The number of nitrogens with zero attached hydrogens (tertiary/aromatic N) is 1. The number of nitrogens with one attached hydrogen (secondary N) is 2. The van der Waals surface area contributed by atoms with E-state index in [0.29, 0.717) is 25.2 Å². The lowest BCUT2D eigenvalue weighted by Crippen LogP contribution is -2.56. The van der Waals surface area contributed by atoms with Crippen LogP contribution < -0.4 is 10.6 Å². The molecule has 1 spiro atoms. The molecule has 3 aliphatic heterocycles. The molecule has 184 valence electrons. The summed E-state index contributed by atoms with van der Waals surface area (Å²) in [5.41, 5.74) is 1.68. The summed E-state index contributed by atoms with van der Waals surface area (Å²) >= 11 is 1.66. The minimum absolute atomic E-state index is 0.00734. The molecule has 3 aliphatic rings. The van der Waals surface area contributed by atoms with Crippen LogP contribution in [0.2, 0.25) is 0 Å². The van der Waals surface area contributed by atoms with Crippen molar-refractivity contribution in [1.82, 2.24) is 10.2 Å². The Labute approximate surface area is 209 Å². The lowest BCUT2D eigenvalue weighted by atomic mass is 9.66. The Bertz CT molecular complexity index is 1100. The predicted molar refractivity (Wildman–Crippen MR) is 135 cm³/mol. The molecule has 0 aliphatic carbocycles. The number of amides is 3. The molecular weight excluding hydrogens is 462 g/mol. The van der Waals surface area contributed by atoms with Crippen LogP contribution in [0.15, 0.2) is 60.7 Å². The Balaban J connectivity index is 1.44. The van der Waals surface area contributed by atoms with Gasteiger partial charge in [-0.05, 0) is 36.5 Å². The molecule has 2 aromatic rings. The van der Waals surface area contributed by atoms with Gasteiger partial charge in [0, 0.05) is 30.6 Å². The standard InChI is InChI=1S/C27H31N3O4S/c1-17-15-20-21(24(32)29-19-11-6-3-7-12-19)22-26(34)30(13-8-14-31)23(27(17,22)35-20)25(33)28-16-18-9-4-2-5-10-18/h2-7,9-12,17,20-23,31H,8,13-16H2,1H3,(H,28,33)(H,29,32)/t17?,20-,21+,22-,23?,27?/m0/s1. The normalized spacial score (nSPS) is 30.9. The van der Waals surface area contributed by atoms with Gasteiger partial charge in [-0.25, -0.2) is 0 Å². The van der Waals surface area contributed by atoms with Crippen LogP contribution >= 0.6 is 11.8 Å². The third-order valence-electron chi connectivity index (χ3n) is 7.70. The second kappa shape index (κ2) is 9.66. The number of anilines is 1. The fourth-order valence-corrected chi connectivity index (χ4v) is 8.65. The van der Waals surface area contributed by atoms with Gasteiger partial charge < -0.3 is 20.6 Å². The van der Waals surface area contributed by atoms with E-state index >= 15 is 0 Å². The van der Waals surface area contributed by atoms with Gasteiger partial charge in [0.15, 0.2) is 0 Å². The average Bonchev–Trinajstić information content (AvgIpc) is 3.46. The molecular formula is C27H31N3O4S. The molecule has 3 unspecified atom stereocenters. The van der Waals surface area contributed by atoms with E-state index in [0.717, 1.165) is 12.0 Å². The molecule has 8 heteroatoms. The molecule has 2 aromatic carbocycles. The van der Waals surface area contributed by atoms with Crippen molar-refractivity contribution in [3.8, 4) is 0 Å². The van der Waals surface area contributed by atoms with Crippen LogP contribution in [0.25, 0.3) is 0 Å². The Hall–Kier alpha value is -2.84. The SMILES string of the molecule is CC1C[C@@H]2SC13C(C(=O)NCc1ccccc1)N(CCCO)C(=O)[C@@H]3[C@@H]2C(=O)Nc1ccccc1. The Morgan fingerprint density at radius 1 is 1.09 bits per heavy atom. The van der Waals surface area contributed by atoms with E-state index in [1.165, 1.54) is 0 Å². The number of likely N-dealkylation sites (tertiary alicyclic amines) is 1. The van der Waals surface area contributed by atoms with Crippen molar-refractivity contribution in [2.75, 3.05) is 18.5 Å². The van der Waals surface area contributed by atoms with Crippen molar-refractivity contribution < 1.29 is 19.5 Å². The van der Waals surface area contributed by atoms with Gasteiger partial charge in [-0.2, -0.15) is 0 Å². The third kappa shape index (κ3) is 4.02. The number of rotatable bonds is 8. The quantitative estimate of drug-likeness (QED) is 0.525. The molecule has 0 radical (unpaired) electrons. The van der Waals surface area contributed by atoms with Gasteiger partial charge in [0.1, 0.15) is 6.04 Å². The highest BCUT2D eigenvalue weighted by molar-refractivity contribution is 8.02. The zero-order valence-electron chi connectivity index (χ0n) is 19.7. The van der Waals surface area contributed by atoms with Gasteiger partial charge in [-0.3, -0.25) is 14.4 Å². The summed E-state index contributed by atoms with van der Waals surface area (Å²) in [6.07, 6.45) is 1.18. The number of hydrogen-bond acceptors (Lipinski definition) is 5. The zero-order valence-corrected chi connectivity index (χ0v) is 20.5. The van der Waals surface area contributed by atoms with E-state index in [9.17, 15) is 19.5 Å². The lowest BCUT2D eigenvalue weighted by molar-refractivity contribution is -0.139. The first-order valence-corrected chi connectivity index (χ1v) is 13.1. The molecule has 3 amide bonds. The smallest absolute Gasteiger partial charge is 0.244 e. The van der Waals surface area contributed by atoms with E-state index < -0.39 is 22.6 Å². The second-order valence-electron chi connectivity index (χ2n) is 9.72. The maximum Gasteiger partial charge on any atom is 0.244 e. The molecule has 0 aromatic heterocycles. The first-order chi connectivity index (χ1) is 17.0. The molecule has 0 saturated carbocycles. The van der Waals surface area contributed by atoms with E-state index in [4.69, 9.17) is 0 Å². The molecule has 3 fully saturated rings. The zero-order chi connectivity index (χ0) is 24.6. The van der Waals surface area contributed by atoms with E-state index in [2.05, 4.69) is 17.6 Å². The van der Waals surface area contributed by atoms with Crippen molar-refractivity contribution >= 4 is 35.2 Å². The molecule has 2 bridgehead atoms. The van der Waals surface area contributed by atoms with Crippen LogP contribution in [0, 0.1) is 17.8 Å². The van der Waals surface area contributed by atoms with Gasteiger partial charge in [0.2, 0.25) is 17.7 Å². The highest BCUT2D eigenvalue weighted by Gasteiger charge is 2.75. The van der Waals surface area contributed by atoms with Crippen molar-refractivity contribution in [3.63, 3.8) is 0 Å². The van der Waals surface area contributed by atoms with Crippen LogP contribution in [-0.2, 0) is 20.9 Å². The van der Waals surface area contributed by atoms with Crippen LogP contribution in [0.4, 0.5) is 5.69 Å². The molecule has 6 atom stereocenters. The summed E-state index contributed by atoms with van der Waals surface area (Å²) in [5.74, 6) is -1.43. The van der Waals surface area contributed by atoms with Gasteiger partial charge in [-0.1, -0.05) is 55.5 Å². The number of fused-ring (bicyclic) bond motifs is 1. The summed E-state index contributed by atoms with van der Waals surface area (Å²) in [6, 6.07) is 18.3. The molecule has 3 heterocycles. The number of benzene rings is 2. The number of carbonyl (C=O) groups is 3. The highest BCUT2D eigenvalue weighted by Crippen LogP contribution is 2.68. The monoisotopic (exact) mass is 493 g/mol. The number of thioether (sulfide) groups is 1. The number of carbonyl (C=O) groups excluding carboxylic acids is 3. The van der Waals surface area contributed by atoms with Gasteiger partial charge in [-0.15, -0.1) is 11.8 Å². The summed E-state index contributed by atoms with van der Waals surface area (Å²) in [4.78, 5) is 42.6. The highest BCUT2D eigenvalue weighted by atomic mass is 32.2. The van der Waals surface area contributed by atoms with Gasteiger partial charge in [0.25, 0.3) is 0 Å². The van der Waals surface area contributed by atoms with E-state index in [1.807, 2.05) is 60.7 Å². The number of aliphatic hydroxyl groups is 1. The molecule has 7 nitrogen and oxygen atoms in total. The summed E-state index contributed by atoms with van der Waals surface area (Å²) in [7, 11) is 0. The molecule has 3 saturated heterocycles. The largest absolute Gasteiger partial charge is 0.396 e. The Morgan fingerprint density at radius 3 is 2.46 bits per heavy atom. The maximum atomic E-state index is 13.9. The van der Waals surface area contributed by atoms with Gasteiger partial charge in [0.05, 0.1) is 16.6 Å². The summed E-state index contributed by atoms with van der Waals surface area (Å²) in [6.45, 7) is 2.70. The molecule has 3 N–H and O–H groups in total. The Morgan fingerprint density at radius 2 is 1.77 bits per heavy atom. The first kappa shape index (κ1) is 23.9. The minimum atomic E-state index is -0.671. The van der Waals surface area contributed by atoms with Gasteiger partial charge >= 0.3 is 0 Å². The van der Waals surface area contributed by atoms with E-state index in [1.54, 1.807) is 16.7 Å². The maximum absolute atomic E-state index is 13.9. The topological polar surface area (TPSA) is 98.7 Å². The van der Waals surface area contributed by atoms with Crippen LogP contribution in [0.3, 0.4) is 0 Å². The number of hydrogen-bond donors (Lipinski definition) is 3. The Kier molecular flexibility index (Phi) is 6.59. The van der Waals surface area contributed by atoms with Crippen LogP contribution in [-0.4, -0.2) is 56.9 Å². The van der Waals surface area contributed by atoms with Crippen molar-refractivity contribution in [1.29, 1.82) is 0 Å². The average molecular weight is 494 g/mol. The van der Waals surface area contributed by atoms with Crippen molar-refractivity contribution in [3.05, 3.63) is 66.2 Å². The van der Waals surface area contributed by atoms with Crippen molar-refractivity contribution in [2.45, 2.75) is 42.3 Å². The minimum Gasteiger partial charge on any atom is -0.396 e. The third-order valence-corrected chi connectivity index (χ3v) is 9.78. The lowest BCUT2D eigenvalue weighted by Gasteiger charge is -2.38.